The Morgan fingerprint density at radius 2 is 1.07 bits per heavy atom. The van der Waals surface area contributed by atoms with Gasteiger partial charge in [0.05, 0.1) is 11.1 Å². The second kappa shape index (κ2) is 13.3. The van der Waals surface area contributed by atoms with Crippen molar-refractivity contribution < 1.29 is 0 Å². The summed E-state index contributed by atoms with van der Waals surface area (Å²) in [4.78, 5) is 30.5. The van der Waals surface area contributed by atoms with Crippen molar-refractivity contribution in [3.05, 3.63) is 114 Å². The average Bonchev–Trinajstić information content (AvgIpc) is 2.99. The van der Waals surface area contributed by atoms with Crippen molar-refractivity contribution in [3.8, 4) is 0 Å². The summed E-state index contributed by atoms with van der Waals surface area (Å²) in [6.45, 7) is 10.8. The van der Waals surface area contributed by atoms with Crippen LogP contribution in [0.2, 0.25) is 0 Å². The van der Waals surface area contributed by atoms with Gasteiger partial charge in [-0.15, -0.1) is 0 Å². The minimum atomic E-state index is -0.198. The van der Waals surface area contributed by atoms with Gasteiger partial charge in [-0.1, -0.05) is 67.6 Å². The van der Waals surface area contributed by atoms with E-state index in [-0.39, 0.29) is 22.2 Å². The fourth-order valence-electron chi connectivity index (χ4n) is 9.27. The number of fused-ring (bicyclic) bond motifs is 8. The van der Waals surface area contributed by atoms with E-state index >= 15 is 0 Å². The average molecular weight is 609 g/mol. The number of rotatable bonds is 12. The molecule has 2 heterocycles. The molecular weight excluding hydrogens is 556 g/mol. The van der Waals surface area contributed by atoms with Crippen LogP contribution in [0.3, 0.4) is 0 Å². The predicted octanol–water partition coefficient (Wildman–Crippen LogP) is 7.00. The summed E-state index contributed by atoms with van der Waals surface area (Å²) in [7, 11) is 0. The number of aromatic amines is 2. The molecule has 0 aromatic carbocycles. The van der Waals surface area contributed by atoms with Gasteiger partial charge in [-0.2, -0.15) is 0 Å². The van der Waals surface area contributed by atoms with E-state index in [4.69, 9.17) is 0 Å². The van der Waals surface area contributed by atoms with Crippen LogP contribution in [0, 0.1) is 11.8 Å². The van der Waals surface area contributed by atoms with Crippen LogP contribution >= 0.6 is 0 Å². The molecule has 4 aliphatic rings. The summed E-state index contributed by atoms with van der Waals surface area (Å²) in [6, 6.07) is 7.51. The van der Waals surface area contributed by atoms with E-state index in [1.807, 2.05) is 0 Å². The fourth-order valence-corrected chi connectivity index (χ4v) is 9.27. The van der Waals surface area contributed by atoms with Crippen LogP contribution in [-0.2, 0) is 23.9 Å². The highest BCUT2D eigenvalue weighted by Gasteiger charge is 2.47. The van der Waals surface area contributed by atoms with Gasteiger partial charge in [-0.05, 0) is 114 Å². The van der Waals surface area contributed by atoms with Crippen molar-refractivity contribution >= 4 is 0 Å². The molecule has 4 atom stereocenters. The summed E-state index contributed by atoms with van der Waals surface area (Å²) in [5.74, 6) is 0.717. The minimum absolute atomic E-state index is 0.00335. The van der Waals surface area contributed by atoms with Crippen molar-refractivity contribution in [2.24, 2.45) is 11.8 Å². The molecule has 4 aliphatic carbocycles. The van der Waals surface area contributed by atoms with Crippen molar-refractivity contribution in [2.75, 3.05) is 13.1 Å². The highest BCUT2D eigenvalue weighted by molar-refractivity contribution is 5.50. The second-order valence-corrected chi connectivity index (χ2v) is 14.1. The topological polar surface area (TPSA) is 89.8 Å². The van der Waals surface area contributed by atoms with Crippen molar-refractivity contribution in [1.29, 1.82) is 0 Å². The zero-order chi connectivity index (χ0) is 31.6. The van der Waals surface area contributed by atoms with Crippen LogP contribution in [0.25, 0.3) is 0 Å². The Balaban J connectivity index is 0.961. The van der Waals surface area contributed by atoms with Crippen LogP contribution in [0.1, 0.15) is 108 Å². The third kappa shape index (κ3) is 6.04. The summed E-state index contributed by atoms with van der Waals surface area (Å²) in [5, 5.41) is 7.99. The molecule has 45 heavy (non-hydrogen) atoms. The molecule has 2 aromatic rings. The largest absolute Gasteiger partial charge is 0.326 e. The van der Waals surface area contributed by atoms with E-state index in [1.165, 1.54) is 65.5 Å². The van der Waals surface area contributed by atoms with E-state index in [2.05, 4.69) is 84.7 Å². The molecule has 0 unspecified atom stereocenters. The van der Waals surface area contributed by atoms with Gasteiger partial charge in [-0.3, -0.25) is 9.59 Å². The second-order valence-electron chi connectivity index (χ2n) is 14.1. The molecule has 4 N–H and O–H groups in total. The highest BCUT2D eigenvalue weighted by Crippen LogP contribution is 2.50. The number of aromatic nitrogens is 2. The maximum Gasteiger partial charge on any atom is 0.248 e. The van der Waals surface area contributed by atoms with E-state index in [9.17, 15) is 9.59 Å². The van der Waals surface area contributed by atoms with Gasteiger partial charge < -0.3 is 20.6 Å². The number of hydrogen-bond acceptors (Lipinski definition) is 4. The third-order valence-electron chi connectivity index (χ3n) is 10.9. The van der Waals surface area contributed by atoms with E-state index < -0.39 is 0 Å². The van der Waals surface area contributed by atoms with Gasteiger partial charge >= 0.3 is 0 Å². The van der Waals surface area contributed by atoms with Gasteiger partial charge in [0.25, 0.3) is 0 Å². The standard InChI is InChI=1S/C39H52N4O2/c1-5-30-28-20-26(3)24-38(30,32-14-16-36(44)42-34(32)22-28)40-18-12-10-8-7-9-11-13-19-41-39-25-27(4)21-29(31(39)6-2)23-35-33(39)15-17-37(45)43-35/h5-6,14-17,20-21,28-29,40-41H,7-13,18-19,22-25H2,1-4H3,(H,42,44)(H,43,45)/t28-,29-,38+,39+/m0/s1. The molecule has 0 fully saturated rings. The normalized spacial score (nSPS) is 28.4. The lowest BCUT2D eigenvalue weighted by Crippen LogP contribution is -2.52. The van der Waals surface area contributed by atoms with Crippen molar-refractivity contribution in [3.63, 3.8) is 0 Å². The summed E-state index contributed by atoms with van der Waals surface area (Å²) < 4.78 is 0. The lowest BCUT2D eigenvalue weighted by Gasteiger charge is -2.48. The van der Waals surface area contributed by atoms with Crippen LogP contribution in [-0.4, -0.2) is 23.1 Å². The zero-order valence-electron chi connectivity index (χ0n) is 27.8. The number of unbranched alkanes of at least 4 members (excludes halogenated alkanes) is 6. The monoisotopic (exact) mass is 608 g/mol. The Kier molecular flexibility index (Phi) is 9.35. The van der Waals surface area contributed by atoms with E-state index in [1.54, 1.807) is 12.1 Å². The maximum absolute atomic E-state index is 12.1. The molecule has 6 rings (SSSR count). The number of allylic oxidation sites excluding steroid dienone is 4. The van der Waals surface area contributed by atoms with E-state index in [0.717, 1.165) is 63.0 Å². The van der Waals surface area contributed by atoms with Gasteiger partial charge in [-0.25, -0.2) is 0 Å². The molecule has 0 radical (unpaired) electrons. The summed E-state index contributed by atoms with van der Waals surface area (Å²) in [5.41, 5.74) is 10.1. The highest BCUT2D eigenvalue weighted by atomic mass is 16.1. The lowest BCUT2D eigenvalue weighted by atomic mass is 9.63. The molecular formula is C39H52N4O2. The van der Waals surface area contributed by atoms with Crippen LogP contribution in [0.5, 0.6) is 0 Å². The Labute approximate surface area is 268 Å². The Morgan fingerprint density at radius 1 is 0.667 bits per heavy atom. The number of nitrogens with one attached hydrogen (secondary N) is 4. The zero-order valence-corrected chi connectivity index (χ0v) is 27.8. The Hall–Kier alpha value is -3.22. The van der Waals surface area contributed by atoms with Gasteiger partial charge in [0, 0.05) is 35.4 Å². The Bertz CT molecular complexity index is 1530. The van der Waals surface area contributed by atoms with Gasteiger partial charge in [0.2, 0.25) is 11.1 Å². The van der Waals surface area contributed by atoms with Crippen LogP contribution < -0.4 is 21.8 Å². The first-order chi connectivity index (χ1) is 21.8. The molecule has 0 aliphatic heterocycles. The number of H-pyrrole nitrogens is 2. The molecule has 0 amide bonds. The lowest BCUT2D eigenvalue weighted by molar-refractivity contribution is 0.318. The number of hydrogen-bond donors (Lipinski definition) is 4. The van der Waals surface area contributed by atoms with Gasteiger partial charge in [0.1, 0.15) is 0 Å². The SMILES string of the molecule is CC=C1[C@H]2C=C(C)C[C@]1(NCCCCCCCCCN[C@@]13CC(C)=C[C@@H](Cc4[nH]c(=O)ccc41)C3=CC)c1ccc(=O)[nH]c1C2. The predicted molar refractivity (Wildman–Crippen MR) is 184 cm³/mol. The quantitative estimate of drug-likeness (QED) is 0.154. The molecule has 240 valence electrons. The first-order valence-corrected chi connectivity index (χ1v) is 17.4. The Morgan fingerprint density at radius 3 is 1.47 bits per heavy atom. The number of pyridine rings is 2. The minimum Gasteiger partial charge on any atom is -0.326 e. The summed E-state index contributed by atoms with van der Waals surface area (Å²) >= 11 is 0. The van der Waals surface area contributed by atoms with E-state index in [0.29, 0.717) is 11.8 Å². The third-order valence-corrected chi connectivity index (χ3v) is 10.9. The van der Waals surface area contributed by atoms with Crippen molar-refractivity contribution in [1.82, 2.24) is 20.6 Å². The molecule has 2 aromatic heterocycles. The first-order valence-electron chi connectivity index (χ1n) is 17.4. The van der Waals surface area contributed by atoms with Crippen molar-refractivity contribution in [2.45, 2.75) is 109 Å². The molecule has 0 spiro atoms. The van der Waals surface area contributed by atoms with Gasteiger partial charge in [0.15, 0.2) is 0 Å². The van der Waals surface area contributed by atoms with Crippen LogP contribution in [0.15, 0.2) is 80.5 Å². The van der Waals surface area contributed by atoms with Crippen LogP contribution in [0.4, 0.5) is 0 Å². The molecule has 6 nitrogen and oxygen atoms in total. The fraction of sp³-hybridized carbons (Fsp3) is 0.538. The first kappa shape index (κ1) is 31.7. The summed E-state index contributed by atoms with van der Waals surface area (Å²) in [6.07, 6.45) is 21.7. The smallest absolute Gasteiger partial charge is 0.248 e. The maximum atomic E-state index is 12.1. The molecule has 0 saturated heterocycles. The molecule has 6 heteroatoms. The molecule has 4 bridgehead atoms. The molecule has 0 saturated carbocycles.